The SMILES string of the molecule is N/C(=N\OC(=O)c1cc(-c2ccc(Cl)cc2)n[nH]1)c1ccccc1. The molecule has 0 bridgehead atoms. The summed E-state index contributed by atoms with van der Waals surface area (Å²) in [6, 6.07) is 17.7. The van der Waals surface area contributed by atoms with Crippen molar-refractivity contribution in [3.05, 3.63) is 76.9 Å². The van der Waals surface area contributed by atoms with Crippen molar-refractivity contribution in [2.24, 2.45) is 10.9 Å². The minimum Gasteiger partial charge on any atom is -0.380 e. The van der Waals surface area contributed by atoms with E-state index < -0.39 is 5.97 Å². The standard InChI is InChI=1S/C17H13ClN4O2/c18-13-8-6-11(7-9-13)14-10-15(21-20-14)17(23)24-22-16(19)12-4-2-1-3-5-12/h1-10H,(H2,19,22)(H,20,21). The van der Waals surface area contributed by atoms with E-state index in [1.807, 2.05) is 18.2 Å². The molecule has 0 aliphatic heterocycles. The molecule has 0 aliphatic rings. The number of aromatic nitrogens is 2. The molecule has 0 fully saturated rings. The summed E-state index contributed by atoms with van der Waals surface area (Å²) in [5.74, 6) is -0.567. The van der Waals surface area contributed by atoms with Gasteiger partial charge in [0.15, 0.2) is 5.84 Å². The van der Waals surface area contributed by atoms with Crippen LogP contribution < -0.4 is 5.73 Å². The van der Waals surface area contributed by atoms with Crippen LogP contribution in [-0.2, 0) is 4.84 Å². The van der Waals surface area contributed by atoms with Gasteiger partial charge in [0.1, 0.15) is 5.69 Å². The molecule has 1 heterocycles. The maximum Gasteiger partial charge on any atom is 0.383 e. The first-order chi connectivity index (χ1) is 11.6. The van der Waals surface area contributed by atoms with Crippen LogP contribution in [0.3, 0.4) is 0 Å². The van der Waals surface area contributed by atoms with Gasteiger partial charge in [-0.25, -0.2) is 4.79 Å². The number of benzene rings is 2. The first kappa shape index (κ1) is 15.8. The topological polar surface area (TPSA) is 93.4 Å². The molecule has 24 heavy (non-hydrogen) atoms. The number of oxime groups is 1. The summed E-state index contributed by atoms with van der Waals surface area (Å²) < 4.78 is 0. The fraction of sp³-hybridized carbons (Fsp3) is 0. The van der Waals surface area contributed by atoms with Gasteiger partial charge >= 0.3 is 5.97 Å². The molecule has 3 aromatic rings. The Morgan fingerprint density at radius 3 is 2.54 bits per heavy atom. The molecule has 3 N–H and O–H groups in total. The van der Waals surface area contributed by atoms with Gasteiger partial charge in [0.25, 0.3) is 0 Å². The lowest BCUT2D eigenvalue weighted by atomic mass is 10.1. The van der Waals surface area contributed by atoms with Crippen molar-refractivity contribution >= 4 is 23.4 Å². The summed E-state index contributed by atoms with van der Waals surface area (Å²) in [5, 5.41) is 11.0. The predicted octanol–water partition coefficient (Wildman–Crippen LogP) is 3.21. The number of carbonyl (C=O) groups excluding carboxylic acids is 1. The van der Waals surface area contributed by atoms with Gasteiger partial charge in [-0.1, -0.05) is 59.2 Å². The number of H-pyrrole nitrogens is 1. The molecule has 0 amide bonds. The van der Waals surface area contributed by atoms with Crippen LogP contribution in [0.4, 0.5) is 0 Å². The highest BCUT2D eigenvalue weighted by atomic mass is 35.5. The number of nitrogens with one attached hydrogen (secondary N) is 1. The van der Waals surface area contributed by atoms with E-state index in [-0.39, 0.29) is 11.5 Å². The average molecular weight is 341 g/mol. The van der Waals surface area contributed by atoms with E-state index in [4.69, 9.17) is 22.2 Å². The van der Waals surface area contributed by atoms with Gasteiger partial charge in [-0.3, -0.25) is 5.10 Å². The average Bonchev–Trinajstić information content (AvgIpc) is 3.11. The zero-order valence-corrected chi connectivity index (χ0v) is 13.2. The number of hydrogen-bond acceptors (Lipinski definition) is 4. The lowest BCUT2D eigenvalue weighted by molar-refractivity contribution is 0.0509. The number of rotatable bonds is 4. The predicted molar refractivity (Wildman–Crippen MR) is 91.6 cm³/mol. The summed E-state index contributed by atoms with van der Waals surface area (Å²) in [6.07, 6.45) is 0. The van der Waals surface area contributed by atoms with Gasteiger partial charge in [-0.2, -0.15) is 5.10 Å². The second-order valence-electron chi connectivity index (χ2n) is 4.90. The van der Waals surface area contributed by atoms with Crippen molar-refractivity contribution in [1.29, 1.82) is 0 Å². The summed E-state index contributed by atoms with van der Waals surface area (Å²) in [7, 11) is 0. The Balaban J connectivity index is 1.71. The first-order valence-corrected chi connectivity index (χ1v) is 7.43. The fourth-order valence-corrected chi connectivity index (χ4v) is 2.12. The molecule has 0 radical (unpaired) electrons. The molecule has 3 rings (SSSR count). The molecule has 120 valence electrons. The van der Waals surface area contributed by atoms with Gasteiger partial charge < -0.3 is 10.6 Å². The van der Waals surface area contributed by atoms with Crippen LogP contribution in [0.5, 0.6) is 0 Å². The number of amidine groups is 1. The molecule has 0 atom stereocenters. The summed E-state index contributed by atoms with van der Waals surface area (Å²) >= 11 is 5.85. The molecule has 2 aromatic carbocycles. The van der Waals surface area contributed by atoms with Crippen molar-refractivity contribution in [1.82, 2.24) is 10.2 Å². The van der Waals surface area contributed by atoms with Crippen molar-refractivity contribution in [3.8, 4) is 11.3 Å². The quantitative estimate of drug-likeness (QED) is 0.330. The van der Waals surface area contributed by atoms with E-state index >= 15 is 0 Å². The highest BCUT2D eigenvalue weighted by molar-refractivity contribution is 6.30. The molecule has 0 unspecified atom stereocenters. The van der Waals surface area contributed by atoms with Gasteiger partial charge in [0.2, 0.25) is 0 Å². The summed E-state index contributed by atoms with van der Waals surface area (Å²) in [4.78, 5) is 16.8. The maximum absolute atomic E-state index is 12.0. The molecular weight excluding hydrogens is 328 g/mol. The van der Waals surface area contributed by atoms with Crippen molar-refractivity contribution < 1.29 is 9.63 Å². The van der Waals surface area contributed by atoms with E-state index in [0.717, 1.165) is 5.56 Å². The molecular formula is C17H13ClN4O2. The van der Waals surface area contributed by atoms with E-state index in [2.05, 4.69) is 15.4 Å². The highest BCUT2D eigenvalue weighted by Gasteiger charge is 2.13. The number of nitrogens with zero attached hydrogens (tertiary/aromatic N) is 2. The van der Waals surface area contributed by atoms with Crippen LogP contribution in [-0.4, -0.2) is 22.0 Å². The normalized spacial score (nSPS) is 11.3. The monoisotopic (exact) mass is 340 g/mol. The Morgan fingerprint density at radius 1 is 1.12 bits per heavy atom. The zero-order valence-electron chi connectivity index (χ0n) is 12.4. The zero-order chi connectivity index (χ0) is 16.9. The smallest absolute Gasteiger partial charge is 0.380 e. The van der Waals surface area contributed by atoms with Crippen LogP contribution in [0.15, 0.2) is 65.8 Å². The number of hydrogen-bond donors (Lipinski definition) is 2. The van der Waals surface area contributed by atoms with Crippen LogP contribution in [0.1, 0.15) is 16.1 Å². The Bertz CT molecular complexity index is 873. The third-order valence-electron chi connectivity index (χ3n) is 3.23. The largest absolute Gasteiger partial charge is 0.383 e. The number of nitrogens with two attached hydrogens (primary N) is 1. The van der Waals surface area contributed by atoms with Crippen LogP contribution in [0.2, 0.25) is 5.02 Å². The van der Waals surface area contributed by atoms with Crippen molar-refractivity contribution in [2.45, 2.75) is 0 Å². The minimum absolute atomic E-state index is 0.112. The summed E-state index contributed by atoms with van der Waals surface area (Å²) in [6.45, 7) is 0. The van der Waals surface area contributed by atoms with Crippen molar-refractivity contribution in [2.75, 3.05) is 0 Å². The van der Waals surface area contributed by atoms with E-state index in [1.54, 1.807) is 42.5 Å². The van der Waals surface area contributed by atoms with E-state index in [9.17, 15) is 4.79 Å². The molecule has 6 nitrogen and oxygen atoms in total. The van der Waals surface area contributed by atoms with Crippen molar-refractivity contribution in [3.63, 3.8) is 0 Å². The lowest BCUT2D eigenvalue weighted by Crippen LogP contribution is -2.15. The Labute approximate surface area is 142 Å². The third-order valence-corrected chi connectivity index (χ3v) is 3.49. The van der Waals surface area contributed by atoms with Crippen LogP contribution in [0, 0.1) is 0 Å². The Kier molecular flexibility index (Phi) is 4.58. The molecule has 0 saturated heterocycles. The second kappa shape index (κ2) is 6.97. The molecule has 0 saturated carbocycles. The van der Waals surface area contributed by atoms with E-state index in [0.29, 0.717) is 16.3 Å². The molecule has 0 aliphatic carbocycles. The first-order valence-electron chi connectivity index (χ1n) is 7.05. The summed E-state index contributed by atoms with van der Waals surface area (Å²) in [5.41, 5.74) is 8.02. The minimum atomic E-state index is -0.679. The van der Waals surface area contributed by atoms with Crippen LogP contribution >= 0.6 is 11.6 Å². The fourth-order valence-electron chi connectivity index (χ4n) is 2.00. The van der Waals surface area contributed by atoms with Gasteiger partial charge in [-0.05, 0) is 18.2 Å². The van der Waals surface area contributed by atoms with Crippen LogP contribution in [0.25, 0.3) is 11.3 Å². The highest BCUT2D eigenvalue weighted by Crippen LogP contribution is 2.20. The van der Waals surface area contributed by atoms with E-state index in [1.165, 1.54) is 0 Å². The third kappa shape index (κ3) is 3.61. The Hall–Kier alpha value is -3.12. The Morgan fingerprint density at radius 2 is 1.83 bits per heavy atom. The van der Waals surface area contributed by atoms with Gasteiger partial charge in [-0.15, -0.1) is 0 Å². The molecule has 1 aromatic heterocycles. The molecule has 7 heteroatoms. The number of aromatic amines is 1. The second-order valence-corrected chi connectivity index (χ2v) is 5.33. The number of carbonyl (C=O) groups is 1. The van der Waals surface area contributed by atoms with Gasteiger partial charge in [0, 0.05) is 16.1 Å². The maximum atomic E-state index is 12.0. The van der Waals surface area contributed by atoms with Gasteiger partial charge in [0.05, 0.1) is 5.69 Å². The molecule has 0 spiro atoms. The number of halogens is 1. The lowest BCUT2D eigenvalue weighted by Gasteiger charge is -1.99.